The Morgan fingerprint density at radius 3 is 1.27 bits per heavy atom. The minimum atomic E-state index is 1.09. The zero-order chi connectivity index (χ0) is 41.4. The van der Waals surface area contributed by atoms with Gasteiger partial charge in [0.05, 0.1) is 22.1 Å². The molecule has 0 saturated carbocycles. The minimum absolute atomic E-state index is 1.09. The Morgan fingerprint density at radius 1 is 0.254 bits per heavy atom. The molecule has 3 nitrogen and oxygen atoms in total. The van der Waals surface area contributed by atoms with Crippen molar-refractivity contribution >= 4 is 93.0 Å². The Hall–Kier alpha value is -8.40. The smallest absolute Gasteiger partial charge is 0.0547 e. The average molecular weight is 802 g/mol. The lowest BCUT2D eigenvalue weighted by molar-refractivity contribution is 1.17. The molecule has 0 bridgehead atoms. The first-order valence-electron chi connectivity index (χ1n) is 21.7. The van der Waals surface area contributed by atoms with E-state index in [4.69, 9.17) is 0 Å². The molecule has 11 aromatic carbocycles. The predicted octanol–water partition coefficient (Wildman–Crippen LogP) is 16.5. The van der Waals surface area contributed by atoms with Crippen LogP contribution >= 0.6 is 0 Å². The molecule has 0 aliphatic heterocycles. The lowest BCUT2D eigenvalue weighted by Crippen LogP contribution is -2.10. The van der Waals surface area contributed by atoms with Crippen molar-refractivity contribution in [2.75, 3.05) is 4.90 Å². The van der Waals surface area contributed by atoms with Gasteiger partial charge in [-0.25, -0.2) is 0 Å². The lowest BCUT2D eigenvalue weighted by atomic mass is 9.94. The van der Waals surface area contributed by atoms with E-state index < -0.39 is 0 Å². The Labute approximate surface area is 364 Å². The second-order valence-corrected chi connectivity index (χ2v) is 16.5. The fourth-order valence-corrected chi connectivity index (χ4v) is 10.3. The topological polar surface area (TPSA) is 13.1 Å². The number of anilines is 3. The van der Waals surface area contributed by atoms with Crippen LogP contribution < -0.4 is 4.90 Å². The molecular formula is C60H39N3. The van der Waals surface area contributed by atoms with Crippen LogP contribution in [-0.4, -0.2) is 9.13 Å². The van der Waals surface area contributed by atoms with Crippen LogP contribution in [0.5, 0.6) is 0 Å². The van der Waals surface area contributed by atoms with Crippen molar-refractivity contribution < 1.29 is 0 Å². The third kappa shape index (κ3) is 5.46. The van der Waals surface area contributed by atoms with Crippen molar-refractivity contribution in [2.24, 2.45) is 0 Å². The van der Waals surface area contributed by atoms with Crippen molar-refractivity contribution in [3.05, 3.63) is 237 Å². The van der Waals surface area contributed by atoms with E-state index in [-0.39, 0.29) is 0 Å². The zero-order valence-electron chi connectivity index (χ0n) is 34.4. The number of fused-ring (bicyclic) bond motifs is 12. The summed E-state index contributed by atoms with van der Waals surface area (Å²) in [5.41, 5.74) is 12.8. The number of hydrogen-bond donors (Lipinski definition) is 0. The summed E-state index contributed by atoms with van der Waals surface area (Å²) in [6, 6.07) is 86.4. The van der Waals surface area contributed by atoms with Gasteiger partial charge < -0.3 is 14.0 Å². The van der Waals surface area contributed by atoms with Gasteiger partial charge in [-0.1, -0.05) is 152 Å². The Balaban J connectivity index is 0.989. The summed E-state index contributed by atoms with van der Waals surface area (Å²) in [7, 11) is 0. The van der Waals surface area contributed by atoms with E-state index in [1.165, 1.54) is 87.1 Å². The van der Waals surface area contributed by atoms with Crippen LogP contribution in [0.2, 0.25) is 0 Å². The van der Waals surface area contributed by atoms with Crippen molar-refractivity contribution in [1.82, 2.24) is 9.13 Å². The molecule has 0 radical (unpaired) electrons. The standard InChI is InChI=1S/C60H39N3/c1-2-15-41(16-3-1)63-58-27-13-10-23-54(58)60-46(24-14-28-59(60)63)40-29-31-42(32-30-40)61(45-37-38-51-49-19-5-4-17-47(49)48-18-6-7-20-50(48)55(51)39-45)43-33-35-44(36-34-43)62-56-25-11-8-21-52(56)53-22-9-12-26-57(53)62/h1-39H. The van der Waals surface area contributed by atoms with E-state index in [1.54, 1.807) is 0 Å². The molecule has 13 aromatic rings. The highest BCUT2D eigenvalue weighted by atomic mass is 15.1. The van der Waals surface area contributed by atoms with Crippen LogP contribution in [0.15, 0.2) is 237 Å². The fourth-order valence-electron chi connectivity index (χ4n) is 10.3. The molecule has 2 aromatic heterocycles. The maximum Gasteiger partial charge on any atom is 0.0547 e. The fraction of sp³-hybridized carbons (Fsp3) is 0. The molecule has 13 rings (SSSR count). The number of benzene rings is 11. The van der Waals surface area contributed by atoms with Gasteiger partial charge in [-0.3, -0.25) is 0 Å². The Bertz CT molecular complexity index is 3800. The van der Waals surface area contributed by atoms with Gasteiger partial charge in [0, 0.05) is 50.0 Å². The van der Waals surface area contributed by atoms with E-state index in [9.17, 15) is 0 Å². The molecule has 0 spiro atoms. The average Bonchev–Trinajstić information content (AvgIpc) is 3.88. The first-order chi connectivity index (χ1) is 31.3. The van der Waals surface area contributed by atoms with Crippen LogP contribution in [-0.2, 0) is 0 Å². The summed E-state index contributed by atoms with van der Waals surface area (Å²) in [5.74, 6) is 0. The van der Waals surface area contributed by atoms with Crippen molar-refractivity contribution in [3.63, 3.8) is 0 Å². The number of aromatic nitrogens is 2. The molecule has 2 heterocycles. The highest BCUT2D eigenvalue weighted by Crippen LogP contribution is 2.43. The summed E-state index contributed by atoms with van der Waals surface area (Å²) in [4.78, 5) is 2.41. The maximum atomic E-state index is 2.41. The molecule has 0 amide bonds. The van der Waals surface area contributed by atoms with Crippen molar-refractivity contribution in [2.45, 2.75) is 0 Å². The van der Waals surface area contributed by atoms with Crippen molar-refractivity contribution in [1.29, 1.82) is 0 Å². The first-order valence-corrected chi connectivity index (χ1v) is 21.7. The Kier molecular flexibility index (Phi) is 7.91. The zero-order valence-corrected chi connectivity index (χ0v) is 34.4. The lowest BCUT2D eigenvalue weighted by Gasteiger charge is -2.27. The monoisotopic (exact) mass is 801 g/mol. The van der Waals surface area contributed by atoms with Gasteiger partial charge in [0.2, 0.25) is 0 Å². The number of para-hydroxylation sites is 4. The van der Waals surface area contributed by atoms with Gasteiger partial charge >= 0.3 is 0 Å². The molecule has 0 aliphatic rings. The number of nitrogens with zero attached hydrogens (tertiary/aromatic N) is 3. The maximum absolute atomic E-state index is 2.41. The second kappa shape index (κ2) is 14.1. The molecule has 0 saturated heterocycles. The summed E-state index contributed by atoms with van der Waals surface area (Å²) in [6.07, 6.45) is 0. The third-order valence-corrected chi connectivity index (χ3v) is 13.1. The predicted molar refractivity (Wildman–Crippen MR) is 268 cm³/mol. The van der Waals surface area contributed by atoms with Crippen molar-refractivity contribution in [3.8, 4) is 22.5 Å². The highest BCUT2D eigenvalue weighted by Gasteiger charge is 2.20. The SMILES string of the molecule is c1ccc(-n2c3ccccc3c3c(-c4ccc(N(c5ccc(-n6c7ccccc7c7ccccc76)cc5)c5ccc6c7ccccc7c7ccccc7c6c5)cc4)cccc32)cc1. The summed E-state index contributed by atoms with van der Waals surface area (Å²) >= 11 is 0. The molecule has 0 atom stereocenters. The molecule has 0 aliphatic carbocycles. The number of hydrogen-bond acceptors (Lipinski definition) is 1. The van der Waals surface area contributed by atoms with Gasteiger partial charge in [0.1, 0.15) is 0 Å². The molecule has 63 heavy (non-hydrogen) atoms. The van der Waals surface area contributed by atoms with Gasteiger partial charge in [-0.2, -0.15) is 0 Å². The highest BCUT2D eigenvalue weighted by molar-refractivity contribution is 6.26. The van der Waals surface area contributed by atoms with Crippen LogP contribution in [0.4, 0.5) is 17.1 Å². The van der Waals surface area contributed by atoms with Gasteiger partial charge in [-0.05, 0) is 128 Å². The third-order valence-electron chi connectivity index (χ3n) is 13.1. The van der Waals surface area contributed by atoms with E-state index in [0.717, 1.165) is 28.4 Å². The number of rotatable bonds is 6. The van der Waals surface area contributed by atoms with E-state index in [1.807, 2.05) is 0 Å². The van der Waals surface area contributed by atoms with Gasteiger partial charge in [0.15, 0.2) is 0 Å². The van der Waals surface area contributed by atoms with E-state index in [0.29, 0.717) is 0 Å². The molecule has 0 unspecified atom stereocenters. The second-order valence-electron chi connectivity index (χ2n) is 16.5. The molecule has 0 fully saturated rings. The van der Waals surface area contributed by atoms with Crippen LogP contribution in [0.25, 0.3) is 98.4 Å². The van der Waals surface area contributed by atoms with Gasteiger partial charge in [0.25, 0.3) is 0 Å². The van der Waals surface area contributed by atoms with Crippen LogP contribution in [0, 0.1) is 0 Å². The summed E-state index contributed by atoms with van der Waals surface area (Å²) in [5, 5.41) is 12.6. The molecular weight excluding hydrogens is 763 g/mol. The van der Waals surface area contributed by atoms with E-state index in [2.05, 4.69) is 251 Å². The Morgan fingerprint density at radius 2 is 0.667 bits per heavy atom. The molecule has 0 N–H and O–H groups in total. The quantitative estimate of drug-likeness (QED) is 0.153. The van der Waals surface area contributed by atoms with Crippen LogP contribution in [0.3, 0.4) is 0 Å². The van der Waals surface area contributed by atoms with E-state index >= 15 is 0 Å². The van der Waals surface area contributed by atoms with Gasteiger partial charge in [-0.15, -0.1) is 0 Å². The first kappa shape index (κ1) is 35.4. The molecule has 3 heteroatoms. The largest absolute Gasteiger partial charge is 0.310 e. The summed E-state index contributed by atoms with van der Waals surface area (Å²) < 4.78 is 4.77. The summed E-state index contributed by atoms with van der Waals surface area (Å²) in [6.45, 7) is 0. The van der Waals surface area contributed by atoms with Crippen LogP contribution in [0.1, 0.15) is 0 Å². The minimum Gasteiger partial charge on any atom is -0.310 e. The molecule has 294 valence electrons. The normalized spacial score (nSPS) is 11.8.